The number of benzene rings is 3. The van der Waals surface area contributed by atoms with Gasteiger partial charge in [-0.1, -0.05) is 44.2 Å². The average molecular weight is 532 g/mol. The molecular weight excluding hydrogens is 502 g/mol. The molecule has 1 aliphatic rings. The van der Waals surface area contributed by atoms with E-state index in [1.807, 2.05) is 25.1 Å². The third kappa shape index (κ3) is 6.26. The van der Waals surface area contributed by atoms with Crippen LogP contribution in [-0.4, -0.2) is 42.3 Å². The van der Waals surface area contributed by atoms with Crippen LogP contribution in [0.3, 0.4) is 0 Å². The molecule has 8 heteroatoms. The molecule has 7 nitrogen and oxygen atoms in total. The second-order valence-corrected chi connectivity index (χ2v) is 10.0. The molecule has 0 spiro atoms. The number of rotatable bonds is 9. The zero-order valence-electron chi connectivity index (χ0n) is 21.7. The first-order chi connectivity index (χ1) is 18.3. The van der Waals surface area contributed by atoms with E-state index in [9.17, 15) is 14.4 Å². The van der Waals surface area contributed by atoms with Gasteiger partial charge in [0.05, 0.1) is 24.1 Å². The van der Waals surface area contributed by atoms with E-state index in [-0.39, 0.29) is 35.0 Å². The molecule has 4 rings (SSSR count). The van der Waals surface area contributed by atoms with Gasteiger partial charge in [0.25, 0.3) is 11.1 Å². The highest BCUT2D eigenvalue weighted by atomic mass is 32.2. The van der Waals surface area contributed by atoms with Gasteiger partial charge in [-0.15, -0.1) is 0 Å². The Morgan fingerprint density at radius 2 is 1.74 bits per heavy atom. The molecule has 0 atom stereocenters. The maximum absolute atomic E-state index is 13.0. The third-order valence-electron chi connectivity index (χ3n) is 5.97. The Hall–Kier alpha value is -4.04. The van der Waals surface area contributed by atoms with E-state index in [0.29, 0.717) is 16.9 Å². The predicted molar refractivity (Wildman–Crippen MR) is 148 cm³/mol. The fourth-order valence-corrected chi connectivity index (χ4v) is 4.76. The topological polar surface area (TPSA) is 82.1 Å². The quantitative estimate of drug-likeness (QED) is 0.178. The molecule has 0 N–H and O–H groups in total. The maximum atomic E-state index is 13.0. The molecule has 0 unspecified atom stereocenters. The van der Waals surface area contributed by atoms with Crippen molar-refractivity contribution in [1.29, 1.82) is 0 Å². The van der Waals surface area contributed by atoms with Crippen LogP contribution < -0.4 is 14.2 Å². The number of carbonyl (C=O) groups is 3. The van der Waals surface area contributed by atoms with E-state index < -0.39 is 11.9 Å². The first-order valence-corrected chi connectivity index (χ1v) is 13.0. The van der Waals surface area contributed by atoms with Crippen molar-refractivity contribution in [1.82, 2.24) is 4.90 Å². The molecule has 0 aliphatic carbocycles. The van der Waals surface area contributed by atoms with Crippen LogP contribution in [0.4, 0.5) is 4.79 Å². The molecule has 196 valence electrons. The summed E-state index contributed by atoms with van der Waals surface area (Å²) in [5, 5.41) is -0.370. The number of para-hydroxylation sites is 1. The smallest absolute Gasteiger partial charge is 0.343 e. The van der Waals surface area contributed by atoms with Gasteiger partial charge in [0.1, 0.15) is 23.9 Å². The lowest BCUT2D eigenvalue weighted by Gasteiger charge is -2.17. The second-order valence-electron chi connectivity index (χ2n) is 9.03. The summed E-state index contributed by atoms with van der Waals surface area (Å²) in [5.74, 6) is 0.995. The summed E-state index contributed by atoms with van der Waals surface area (Å²) in [7, 11) is 1.55. The van der Waals surface area contributed by atoms with E-state index in [4.69, 9.17) is 14.2 Å². The van der Waals surface area contributed by atoms with Crippen LogP contribution in [0, 0.1) is 6.92 Å². The lowest BCUT2D eigenvalue weighted by molar-refractivity contribution is -0.123. The molecule has 1 saturated heterocycles. The summed E-state index contributed by atoms with van der Waals surface area (Å²) in [5.41, 5.74) is 3.02. The highest BCUT2D eigenvalue weighted by Crippen LogP contribution is 2.34. The van der Waals surface area contributed by atoms with Gasteiger partial charge in [0.2, 0.25) is 0 Å². The lowest BCUT2D eigenvalue weighted by Crippen LogP contribution is -2.32. The molecular formula is C30H29NO6S. The van der Waals surface area contributed by atoms with Crippen LogP contribution in [0.25, 0.3) is 6.08 Å². The summed E-state index contributed by atoms with van der Waals surface area (Å²) in [6, 6.07) is 19.5. The fourth-order valence-electron chi connectivity index (χ4n) is 3.90. The number of aryl methyl sites for hydroxylation is 1. The van der Waals surface area contributed by atoms with Crippen molar-refractivity contribution in [2.75, 3.05) is 20.3 Å². The van der Waals surface area contributed by atoms with E-state index in [1.165, 1.54) is 4.90 Å². The van der Waals surface area contributed by atoms with E-state index in [0.717, 1.165) is 28.6 Å². The van der Waals surface area contributed by atoms with Gasteiger partial charge in [-0.3, -0.25) is 14.5 Å². The molecule has 1 aliphatic heterocycles. The van der Waals surface area contributed by atoms with Crippen molar-refractivity contribution in [3.63, 3.8) is 0 Å². The zero-order chi connectivity index (χ0) is 27.2. The minimum Gasteiger partial charge on any atom is -0.497 e. The number of methoxy groups -OCH3 is 1. The Kier molecular flexibility index (Phi) is 8.53. The molecule has 2 amide bonds. The zero-order valence-corrected chi connectivity index (χ0v) is 22.5. The Morgan fingerprint density at radius 3 is 2.45 bits per heavy atom. The predicted octanol–water partition coefficient (Wildman–Crippen LogP) is 6.46. The first kappa shape index (κ1) is 27.0. The number of hydrogen-bond acceptors (Lipinski definition) is 7. The number of ether oxygens (including phenoxy) is 3. The normalized spacial score (nSPS) is 14.3. The van der Waals surface area contributed by atoms with Gasteiger partial charge >= 0.3 is 5.97 Å². The largest absolute Gasteiger partial charge is 0.497 e. The fraction of sp³-hybridized carbons (Fsp3) is 0.233. The van der Waals surface area contributed by atoms with Crippen LogP contribution in [0.2, 0.25) is 0 Å². The van der Waals surface area contributed by atoms with Gasteiger partial charge in [-0.25, -0.2) is 4.79 Å². The summed E-state index contributed by atoms with van der Waals surface area (Å²) < 4.78 is 16.7. The maximum Gasteiger partial charge on any atom is 0.343 e. The van der Waals surface area contributed by atoms with Gasteiger partial charge in [-0.05, 0) is 78.2 Å². The van der Waals surface area contributed by atoms with E-state index in [1.54, 1.807) is 61.7 Å². The highest BCUT2D eigenvalue weighted by Gasteiger charge is 2.35. The summed E-state index contributed by atoms with van der Waals surface area (Å²) in [4.78, 5) is 39.8. The van der Waals surface area contributed by atoms with Crippen LogP contribution >= 0.6 is 11.8 Å². The minimum atomic E-state index is -0.546. The molecule has 0 radical (unpaired) electrons. The number of thioether (sulfide) groups is 1. The molecule has 0 aromatic heterocycles. The number of carbonyl (C=O) groups excluding carboxylic acids is 3. The standard InChI is InChI=1S/C30H29NO6S/c1-19(2)24-14-9-20(3)17-26(24)36-16-15-31-28(32)27(38-30(31)34)18-22-7-5-6-8-25(22)37-29(33)21-10-12-23(35-4)13-11-21/h5-14,17-19H,15-16H2,1-4H3/b27-18-. The lowest BCUT2D eigenvalue weighted by atomic mass is 10.0. The third-order valence-corrected chi connectivity index (χ3v) is 6.88. The van der Waals surface area contributed by atoms with Crippen molar-refractivity contribution < 1.29 is 28.6 Å². The monoisotopic (exact) mass is 531 g/mol. The number of hydrogen-bond donors (Lipinski definition) is 0. The SMILES string of the molecule is COc1ccc(C(=O)Oc2ccccc2/C=C2\SC(=O)N(CCOc3cc(C)ccc3C(C)C)C2=O)cc1. The van der Waals surface area contributed by atoms with Crippen LogP contribution in [-0.2, 0) is 4.79 Å². The Balaban J connectivity index is 1.44. The summed E-state index contributed by atoms with van der Waals surface area (Å²) in [6.07, 6.45) is 1.57. The number of esters is 1. The molecule has 1 fully saturated rings. The van der Waals surface area contributed by atoms with Gasteiger partial charge in [-0.2, -0.15) is 0 Å². The Bertz CT molecular complexity index is 1380. The van der Waals surface area contributed by atoms with Gasteiger partial charge in [0, 0.05) is 5.56 Å². The van der Waals surface area contributed by atoms with Gasteiger partial charge < -0.3 is 14.2 Å². The first-order valence-electron chi connectivity index (χ1n) is 12.2. The van der Waals surface area contributed by atoms with Gasteiger partial charge in [0.15, 0.2) is 0 Å². The van der Waals surface area contributed by atoms with Crippen molar-refractivity contribution in [3.8, 4) is 17.2 Å². The molecule has 0 bridgehead atoms. The van der Waals surface area contributed by atoms with E-state index in [2.05, 4.69) is 13.8 Å². The number of amides is 2. The van der Waals surface area contributed by atoms with Crippen molar-refractivity contribution in [2.24, 2.45) is 0 Å². The van der Waals surface area contributed by atoms with Crippen molar-refractivity contribution in [2.45, 2.75) is 26.7 Å². The summed E-state index contributed by atoms with van der Waals surface area (Å²) >= 11 is 0.850. The average Bonchev–Trinajstić information content (AvgIpc) is 3.17. The van der Waals surface area contributed by atoms with Crippen LogP contribution in [0.1, 0.15) is 46.8 Å². The molecule has 38 heavy (non-hydrogen) atoms. The van der Waals surface area contributed by atoms with Crippen LogP contribution in [0.15, 0.2) is 71.6 Å². The summed E-state index contributed by atoms with van der Waals surface area (Å²) in [6.45, 7) is 6.48. The Labute approximate surface area is 226 Å². The van der Waals surface area contributed by atoms with Crippen molar-refractivity contribution in [3.05, 3.63) is 93.9 Å². The van der Waals surface area contributed by atoms with Crippen molar-refractivity contribution >= 4 is 35.0 Å². The number of imide groups is 1. The minimum absolute atomic E-state index is 0.127. The molecule has 1 heterocycles. The molecule has 3 aromatic carbocycles. The Morgan fingerprint density at radius 1 is 1.00 bits per heavy atom. The number of nitrogens with zero attached hydrogens (tertiary/aromatic N) is 1. The molecule has 0 saturated carbocycles. The highest BCUT2D eigenvalue weighted by molar-refractivity contribution is 8.18. The second kappa shape index (κ2) is 12.0. The van der Waals surface area contributed by atoms with Crippen LogP contribution in [0.5, 0.6) is 17.2 Å². The van der Waals surface area contributed by atoms with E-state index >= 15 is 0 Å². The molecule has 3 aromatic rings.